The van der Waals surface area contributed by atoms with Gasteiger partial charge in [0.2, 0.25) is 10.0 Å². The number of sulfonamides is 1. The number of benzene rings is 2. The number of hydrogen-bond acceptors (Lipinski definition) is 8. The van der Waals surface area contributed by atoms with Crippen molar-refractivity contribution in [2.45, 2.75) is 25.9 Å². The molecule has 0 amide bonds. The lowest BCUT2D eigenvalue weighted by Crippen LogP contribution is -2.21. The Morgan fingerprint density at radius 1 is 1.21 bits per heavy atom. The van der Waals surface area contributed by atoms with Crippen LogP contribution in [-0.4, -0.2) is 64.7 Å². The SMILES string of the molecule is CCCS(=O)(=O)Nc1ccc(F)c(C(=O)Cc2cnc3n[nH]c(-c4cccc(OCC(O)CO)c4)c3c2)c1F. The Morgan fingerprint density at radius 3 is 2.74 bits per heavy atom. The van der Waals surface area contributed by atoms with Crippen molar-refractivity contribution < 1.29 is 36.9 Å². The molecule has 2 aromatic carbocycles. The summed E-state index contributed by atoms with van der Waals surface area (Å²) in [5.74, 6) is -3.13. The number of nitrogens with zero attached hydrogens (tertiary/aromatic N) is 2. The second kappa shape index (κ2) is 11.8. The number of anilines is 1. The summed E-state index contributed by atoms with van der Waals surface area (Å²) in [6.45, 7) is 1.09. The molecule has 13 heteroatoms. The smallest absolute Gasteiger partial charge is 0.232 e. The van der Waals surface area contributed by atoms with Gasteiger partial charge < -0.3 is 14.9 Å². The van der Waals surface area contributed by atoms with E-state index in [-0.39, 0.29) is 12.4 Å². The van der Waals surface area contributed by atoms with Gasteiger partial charge in [0.1, 0.15) is 24.3 Å². The molecule has 0 aliphatic carbocycles. The van der Waals surface area contributed by atoms with E-state index in [1.807, 2.05) is 0 Å². The van der Waals surface area contributed by atoms with Crippen LogP contribution in [0.2, 0.25) is 0 Å². The molecule has 2 aromatic heterocycles. The first-order chi connectivity index (χ1) is 18.6. The highest BCUT2D eigenvalue weighted by molar-refractivity contribution is 7.92. The number of aromatic nitrogens is 3. The van der Waals surface area contributed by atoms with Crippen LogP contribution in [0.3, 0.4) is 0 Å². The van der Waals surface area contributed by atoms with Crippen molar-refractivity contribution >= 4 is 32.5 Å². The molecule has 0 fully saturated rings. The Morgan fingerprint density at radius 2 is 2.00 bits per heavy atom. The average Bonchev–Trinajstić information content (AvgIpc) is 3.32. The minimum absolute atomic E-state index is 0.105. The fourth-order valence-corrected chi connectivity index (χ4v) is 5.03. The zero-order valence-corrected chi connectivity index (χ0v) is 21.6. The lowest BCUT2D eigenvalue weighted by molar-refractivity contribution is 0.0536. The van der Waals surface area contributed by atoms with Crippen molar-refractivity contribution in [2.24, 2.45) is 0 Å². The number of Topliss-reactive ketones (excluding diaryl/α,β-unsaturated/α-hetero) is 1. The van der Waals surface area contributed by atoms with Crippen molar-refractivity contribution in [2.75, 3.05) is 23.7 Å². The first-order valence-electron chi connectivity index (χ1n) is 12.0. The molecule has 0 saturated carbocycles. The molecule has 39 heavy (non-hydrogen) atoms. The van der Waals surface area contributed by atoms with Crippen LogP contribution in [0.25, 0.3) is 22.3 Å². The van der Waals surface area contributed by atoms with Gasteiger partial charge in [-0.2, -0.15) is 5.10 Å². The summed E-state index contributed by atoms with van der Waals surface area (Å²) in [6, 6.07) is 10.2. The molecule has 0 bridgehead atoms. The summed E-state index contributed by atoms with van der Waals surface area (Å²) < 4.78 is 61.2. The molecule has 1 unspecified atom stereocenters. The van der Waals surface area contributed by atoms with Crippen LogP contribution in [0.1, 0.15) is 29.3 Å². The van der Waals surface area contributed by atoms with E-state index in [4.69, 9.17) is 9.84 Å². The van der Waals surface area contributed by atoms with Gasteiger partial charge in [-0.05, 0) is 42.3 Å². The largest absolute Gasteiger partial charge is 0.491 e. The van der Waals surface area contributed by atoms with E-state index < -0.39 is 57.8 Å². The predicted molar refractivity (Wildman–Crippen MR) is 140 cm³/mol. The Labute approximate surface area is 222 Å². The summed E-state index contributed by atoms with van der Waals surface area (Å²) in [4.78, 5) is 17.2. The van der Waals surface area contributed by atoms with Crippen LogP contribution >= 0.6 is 0 Å². The molecule has 0 aliphatic heterocycles. The highest BCUT2D eigenvalue weighted by Gasteiger charge is 2.23. The molecule has 4 rings (SSSR count). The van der Waals surface area contributed by atoms with E-state index in [0.29, 0.717) is 40.0 Å². The standard InChI is InChI=1S/C26H26F2N4O6S/c1-2-8-39(36,37)32-21-7-6-20(27)23(24(21)28)22(35)10-15-9-19-25(30-31-26(19)29-12-15)16-4-3-5-18(11-16)38-14-17(34)13-33/h3-7,9,11-12,17,32-34H,2,8,10,13-14H2,1H3,(H,29,30,31). The van der Waals surface area contributed by atoms with E-state index in [9.17, 15) is 22.7 Å². The van der Waals surface area contributed by atoms with Gasteiger partial charge in [-0.1, -0.05) is 19.1 Å². The van der Waals surface area contributed by atoms with E-state index in [0.717, 1.165) is 12.1 Å². The molecule has 1 atom stereocenters. The maximum absolute atomic E-state index is 15.1. The first-order valence-corrected chi connectivity index (χ1v) is 13.6. The van der Waals surface area contributed by atoms with Gasteiger partial charge in [0.05, 0.1) is 29.3 Å². The number of rotatable bonds is 12. The molecule has 0 radical (unpaired) electrons. The summed E-state index contributed by atoms with van der Waals surface area (Å²) >= 11 is 0. The number of pyridine rings is 1. The molecule has 0 aliphatic rings. The van der Waals surface area contributed by atoms with Gasteiger partial charge in [0.25, 0.3) is 0 Å². The fourth-order valence-electron chi connectivity index (χ4n) is 3.89. The molecular weight excluding hydrogens is 534 g/mol. The van der Waals surface area contributed by atoms with E-state index >= 15 is 4.39 Å². The molecule has 2 heterocycles. The van der Waals surface area contributed by atoms with Crippen molar-refractivity contribution in [3.63, 3.8) is 0 Å². The normalized spacial score (nSPS) is 12.4. The van der Waals surface area contributed by atoms with Crippen LogP contribution in [0.15, 0.2) is 48.7 Å². The van der Waals surface area contributed by atoms with Crippen molar-refractivity contribution in [1.82, 2.24) is 15.2 Å². The number of hydrogen-bond donors (Lipinski definition) is 4. The number of carbonyl (C=O) groups is 1. The van der Waals surface area contributed by atoms with Crippen molar-refractivity contribution in [3.8, 4) is 17.0 Å². The van der Waals surface area contributed by atoms with Gasteiger partial charge in [0.15, 0.2) is 17.2 Å². The Bertz CT molecular complexity index is 1610. The maximum atomic E-state index is 15.1. The monoisotopic (exact) mass is 560 g/mol. The third-order valence-electron chi connectivity index (χ3n) is 5.72. The zero-order valence-electron chi connectivity index (χ0n) is 20.8. The second-order valence-electron chi connectivity index (χ2n) is 8.79. The van der Waals surface area contributed by atoms with E-state index in [1.54, 1.807) is 37.3 Å². The number of carbonyl (C=O) groups excluding carboxylic acids is 1. The first kappa shape index (κ1) is 28.1. The van der Waals surface area contributed by atoms with Gasteiger partial charge in [-0.3, -0.25) is 14.6 Å². The number of aliphatic hydroxyl groups excluding tert-OH is 2. The molecule has 10 nitrogen and oxygen atoms in total. The molecule has 4 N–H and O–H groups in total. The Balaban J connectivity index is 1.60. The summed E-state index contributed by atoms with van der Waals surface area (Å²) in [5, 5.41) is 26.0. The number of aromatic amines is 1. The van der Waals surface area contributed by atoms with Gasteiger partial charge in [-0.25, -0.2) is 22.2 Å². The number of fused-ring (bicyclic) bond motifs is 1. The summed E-state index contributed by atoms with van der Waals surface area (Å²) in [7, 11) is -3.86. The van der Waals surface area contributed by atoms with Crippen LogP contribution < -0.4 is 9.46 Å². The minimum atomic E-state index is -3.86. The number of ether oxygens (including phenoxy) is 1. The molecule has 206 valence electrons. The fraction of sp³-hybridized carbons (Fsp3) is 0.269. The average molecular weight is 561 g/mol. The Hall–Kier alpha value is -3.94. The number of H-pyrrole nitrogens is 1. The van der Waals surface area contributed by atoms with E-state index in [2.05, 4.69) is 19.9 Å². The quantitative estimate of drug-likeness (QED) is 0.193. The third-order valence-corrected chi connectivity index (χ3v) is 7.19. The number of aliphatic hydroxyl groups is 2. The van der Waals surface area contributed by atoms with Gasteiger partial charge in [-0.15, -0.1) is 0 Å². The molecular formula is C26H26F2N4O6S. The van der Waals surface area contributed by atoms with Crippen LogP contribution in [0, 0.1) is 11.6 Å². The number of nitrogens with one attached hydrogen (secondary N) is 2. The number of ketones is 1. The lowest BCUT2D eigenvalue weighted by atomic mass is 10.0. The third kappa shape index (κ3) is 6.56. The van der Waals surface area contributed by atoms with Gasteiger partial charge >= 0.3 is 0 Å². The maximum Gasteiger partial charge on any atom is 0.232 e. The topological polar surface area (TPSA) is 154 Å². The second-order valence-corrected chi connectivity index (χ2v) is 10.6. The van der Waals surface area contributed by atoms with Crippen LogP contribution in [-0.2, 0) is 16.4 Å². The van der Waals surface area contributed by atoms with E-state index in [1.165, 1.54) is 6.20 Å². The van der Waals surface area contributed by atoms with Crippen molar-refractivity contribution in [1.29, 1.82) is 0 Å². The highest BCUT2D eigenvalue weighted by Crippen LogP contribution is 2.29. The zero-order chi connectivity index (χ0) is 28.2. The minimum Gasteiger partial charge on any atom is -0.491 e. The predicted octanol–water partition coefficient (Wildman–Crippen LogP) is 3.21. The summed E-state index contributed by atoms with van der Waals surface area (Å²) in [6.07, 6.45) is 0.219. The molecule has 4 aromatic rings. The number of halogens is 2. The summed E-state index contributed by atoms with van der Waals surface area (Å²) in [5.41, 5.74) is 0.534. The molecule has 0 saturated heterocycles. The lowest BCUT2D eigenvalue weighted by Gasteiger charge is -2.12. The highest BCUT2D eigenvalue weighted by atomic mass is 32.2. The van der Waals surface area contributed by atoms with Crippen LogP contribution in [0.5, 0.6) is 5.75 Å². The van der Waals surface area contributed by atoms with Crippen molar-refractivity contribution in [3.05, 3.63) is 71.4 Å². The van der Waals surface area contributed by atoms with Gasteiger partial charge in [0, 0.05) is 23.6 Å². The molecule has 0 spiro atoms. The Kier molecular flexibility index (Phi) is 8.53. The van der Waals surface area contributed by atoms with Crippen LogP contribution in [0.4, 0.5) is 14.5 Å².